The summed E-state index contributed by atoms with van der Waals surface area (Å²) in [5.74, 6) is 0. The number of benzene rings is 2. The van der Waals surface area contributed by atoms with E-state index in [-0.39, 0.29) is 6.03 Å². The number of carbonyl (C=O) groups excluding carboxylic acids is 1. The lowest BCUT2D eigenvalue weighted by atomic mass is 10.1. The fourth-order valence-electron chi connectivity index (χ4n) is 3.26. The highest BCUT2D eigenvalue weighted by molar-refractivity contribution is 5.90. The molecule has 2 amide bonds. The third kappa shape index (κ3) is 3.38. The summed E-state index contributed by atoms with van der Waals surface area (Å²) in [7, 11) is 0. The molecule has 25 heavy (non-hydrogen) atoms. The predicted octanol–water partition coefficient (Wildman–Crippen LogP) is 4.02. The van der Waals surface area contributed by atoms with Gasteiger partial charge in [0.15, 0.2) is 0 Å². The monoisotopic (exact) mass is 329 g/mol. The summed E-state index contributed by atoms with van der Waals surface area (Å²) in [6, 6.07) is 18.3. The van der Waals surface area contributed by atoms with Crippen LogP contribution in [0.15, 0.2) is 67.0 Å². The van der Waals surface area contributed by atoms with Crippen molar-refractivity contribution < 1.29 is 4.79 Å². The van der Waals surface area contributed by atoms with E-state index in [2.05, 4.69) is 52.0 Å². The fourth-order valence-corrected chi connectivity index (χ4v) is 3.26. The lowest BCUT2D eigenvalue weighted by Crippen LogP contribution is -2.30. The van der Waals surface area contributed by atoms with E-state index in [0.717, 1.165) is 24.1 Å². The van der Waals surface area contributed by atoms with Crippen molar-refractivity contribution in [2.75, 3.05) is 11.9 Å². The first-order chi connectivity index (χ1) is 12.3. The third-order valence-electron chi connectivity index (χ3n) is 4.47. The maximum Gasteiger partial charge on any atom is 0.319 e. The topological polar surface area (TPSA) is 54.0 Å². The van der Waals surface area contributed by atoms with Crippen LogP contribution in [0.5, 0.6) is 0 Å². The van der Waals surface area contributed by atoms with E-state index in [4.69, 9.17) is 0 Å². The maximum absolute atomic E-state index is 12.1. The van der Waals surface area contributed by atoms with Crippen LogP contribution in [0.3, 0.4) is 0 Å². The SMILES string of the molecule is O=C(NCCc1cccnc1)Nc1ccc2c(c1)Cc1ccccc1-2. The highest BCUT2D eigenvalue weighted by Gasteiger charge is 2.18. The van der Waals surface area contributed by atoms with Crippen LogP contribution in [0.2, 0.25) is 0 Å². The van der Waals surface area contributed by atoms with Gasteiger partial charge in [-0.2, -0.15) is 0 Å². The zero-order valence-electron chi connectivity index (χ0n) is 13.8. The molecular weight excluding hydrogens is 310 g/mol. The summed E-state index contributed by atoms with van der Waals surface area (Å²) >= 11 is 0. The number of amides is 2. The highest BCUT2D eigenvalue weighted by atomic mass is 16.2. The van der Waals surface area contributed by atoms with Crippen molar-refractivity contribution >= 4 is 11.7 Å². The standard InChI is InChI=1S/C21H19N3O/c25-21(23-11-9-15-4-3-10-22-14-15)24-18-7-8-20-17(13-18)12-16-5-1-2-6-19(16)20/h1-8,10,13-14H,9,11-12H2,(H2,23,24,25). The Hall–Kier alpha value is -3.14. The second kappa shape index (κ2) is 6.77. The smallest absolute Gasteiger partial charge is 0.319 e. The van der Waals surface area contributed by atoms with Crippen LogP contribution >= 0.6 is 0 Å². The molecule has 4 heteroatoms. The van der Waals surface area contributed by atoms with Crippen LogP contribution in [0.1, 0.15) is 16.7 Å². The first-order valence-electron chi connectivity index (χ1n) is 8.44. The number of hydrogen-bond acceptors (Lipinski definition) is 2. The van der Waals surface area contributed by atoms with Crippen molar-refractivity contribution in [2.45, 2.75) is 12.8 Å². The molecule has 0 unspecified atom stereocenters. The van der Waals surface area contributed by atoms with Crippen molar-refractivity contribution in [1.29, 1.82) is 0 Å². The zero-order chi connectivity index (χ0) is 17.1. The Bertz CT molecular complexity index is 906. The number of aromatic nitrogens is 1. The van der Waals surface area contributed by atoms with Gasteiger partial charge in [0.1, 0.15) is 0 Å². The van der Waals surface area contributed by atoms with Crippen molar-refractivity contribution in [3.05, 3.63) is 83.7 Å². The maximum atomic E-state index is 12.1. The summed E-state index contributed by atoms with van der Waals surface area (Å²) in [5, 5.41) is 5.81. The largest absolute Gasteiger partial charge is 0.338 e. The number of hydrogen-bond donors (Lipinski definition) is 2. The summed E-state index contributed by atoms with van der Waals surface area (Å²) in [6.07, 6.45) is 5.25. The summed E-state index contributed by atoms with van der Waals surface area (Å²) in [6.45, 7) is 0.577. The van der Waals surface area contributed by atoms with Crippen LogP contribution in [-0.4, -0.2) is 17.6 Å². The van der Waals surface area contributed by atoms with E-state index < -0.39 is 0 Å². The molecule has 1 aromatic heterocycles. The second-order valence-electron chi connectivity index (χ2n) is 6.20. The number of pyridine rings is 1. The van der Waals surface area contributed by atoms with Gasteiger partial charge in [0.05, 0.1) is 0 Å². The number of rotatable bonds is 4. The van der Waals surface area contributed by atoms with Crippen LogP contribution in [0, 0.1) is 0 Å². The number of urea groups is 1. The minimum Gasteiger partial charge on any atom is -0.338 e. The van der Waals surface area contributed by atoms with E-state index >= 15 is 0 Å². The quantitative estimate of drug-likeness (QED) is 0.594. The summed E-state index contributed by atoms with van der Waals surface area (Å²) in [4.78, 5) is 16.2. The molecule has 0 aliphatic heterocycles. The Labute approximate surface area is 146 Å². The van der Waals surface area contributed by atoms with Crippen molar-refractivity contribution in [3.63, 3.8) is 0 Å². The number of carbonyl (C=O) groups is 1. The van der Waals surface area contributed by atoms with Crippen molar-refractivity contribution in [2.24, 2.45) is 0 Å². The van der Waals surface area contributed by atoms with Gasteiger partial charge in [-0.3, -0.25) is 4.98 Å². The molecule has 0 atom stereocenters. The molecule has 0 spiro atoms. The van der Waals surface area contributed by atoms with Crippen molar-refractivity contribution in [1.82, 2.24) is 10.3 Å². The molecule has 3 aromatic rings. The molecule has 1 aliphatic rings. The molecule has 0 radical (unpaired) electrons. The molecule has 1 heterocycles. The molecule has 0 bridgehead atoms. The van der Waals surface area contributed by atoms with Gasteiger partial charge >= 0.3 is 6.03 Å². The van der Waals surface area contributed by atoms with Crippen LogP contribution < -0.4 is 10.6 Å². The molecule has 2 N–H and O–H groups in total. The highest BCUT2D eigenvalue weighted by Crippen LogP contribution is 2.37. The minimum atomic E-state index is -0.181. The molecule has 0 saturated carbocycles. The lowest BCUT2D eigenvalue weighted by Gasteiger charge is -2.09. The van der Waals surface area contributed by atoms with Crippen molar-refractivity contribution in [3.8, 4) is 11.1 Å². The van der Waals surface area contributed by atoms with Crippen LogP contribution in [0.25, 0.3) is 11.1 Å². The first kappa shape index (κ1) is 15.4. The second-order valence-corrected chi connectivity index (χ2v) is 6.20. The van der Waals surface area contributed by atoms with Gasteiger partial charge in [-0.1, -0.05) is 36.4 Å². The van der Waals surface area contributed by atoms with Gasteiger partial charge in [-0.25, -0.2) is 4.79 Å². The van der Waals surface area contributed by atoms with E-state index in [1.165, 1.54) is 22.3 Å². The molecule has 124 valence electrons. The Balaban J connectivity index is 1.36. The normalized spacial score (nSPS) is 11.5. The third-order valence-corrected chi connectivity index (χ3v) is 4.47. The van der Waals surface area contributed by atoms with Gasteiger partial charge in [0.25, 0.3) is 0 Å². The van der Waals surface area contributed by atoms with Gasteiger partial charge in [0.2, 0.25) is 0 Å². The predicted molar refractivity (Wildman–Crippen MR) is 99.6 cm³/mol. The Morgan fingerprint density at radius 2 is 1.88 bits per heavy atom. The van der Waals surface area contributed by atoms with E-state index in [0.29, 0.717) is 6.54 Å². The molecular formula is C21H19N3O. The van der Waals surface area contributed by atoms with E-state index in [1.807, 2.05) is 24.4 Å². The van der Waals surface area contributed by atoms with Crippen LogP contribution in [0.4, 0.5) is 10.5 Å². The molecule has 4 nitrogen and oxygen atoms in total. The Kier molecular flexibility index (Phi) is 4.17. The summed E-state index contributed by atoms with van der Waals surface area (Å²) in [5.41, 5.74) is 7.09. The van der Waals surface area contributed by atoms with E-state index in [9.17, 15) is 4.79 Å². The molecule has 0 saturated heterocycles. The first-order valence-corrected chi connectivity index (χ1v) is 8.44. The Morgan fingerprint density at radius 1 is 1.00 bits per heavy atom. The average Bonchev–Trinajstić information content (AvgIpc) is 3.00. The van der Waals surface area contributed by atoms with Gasteiger partial charge in [0, 0.05) is 24.6 Å². The number of anilines is 1. The number of nitrogens with one attached hydrogen (secondary N) is 2. The molecule has 1 aliphatic carbocycles. The van der Waals surface area contributed by atoms with Gasteiger partial charge in [-0.05, 0) is 58.9 Å². The van der Waals surface area contributed by atoms with E-state index in [1.54, 1.807) is 6.20 Å². The van der Waals surface area contributed by atoms with Gasteiger partial charge < -0.3 is 10.6 Å². The average molecular weight is 329 g/mol. The Morgan fingerprint density at radius 3 is 2.76 bits per heavy atom. The van der Waals surface area contributed by atoms with Crippen LogP contribution in [-0.2, 0) is 12.8 Å². The number of nitrogens with zero attached hydrogens (tertiary/aromatic N) is 1. The molecule has 2 aromatic carbocycles. The molecule has 4 rings (SSSR count). The lowest BCUT2D eigenvalue weighted by molar-refractivity contribution is 0.252. The zero-order valence-corrected chi connectivity index (χ0v) is 13.8. The minimum absolute atomic E-state index is 0.181. The molecule has 0 fully saturated rings. The number of fused-ring (bicyclic) bond motifs is 3. The summed E-state index contributed by atoms with van der Waals surface area (Å²) < 4.78 is 0. The van der Waals surface area contributed by atoms with Gasteiger partial charge in [-0.15, -0.1) is 0 Å². The fraction of sp³-hybridized carbons (Fsp3) is 0.143.